The maximum atomic E-state index is 10.4. The fourth-order valence-electron chi connectivity index (χ4n) is 3.38. The molecule has 5 N–H and O–H groups in total. The minimum absolute atomic E-state index is 0.260. The summed E-state index contributed by atoms with van der Waals surface area (Å²) in [5.41, 5.74) is 0. The van der Waals surface area contributed by atoms with E-state index in [0.717, 1.165) is 18.9 Å². The standard InChI is InChI=1S/C19H32O6/c1-2-3-6-13(20)9-10-15-16(18(23)12-17(15)22)11-14(21)7-4-5-8-19(24)25/h5,8-10,13-18,20-23H,2-4,6-7,11-12H2,1H3,(H,24,25)/t13?,14?,15-,16-,17?,18?/m1/s1. The zero-order chi connectivity index (χ0) is 18.8. The van der Waals surface area contributed by atoms with Gasteiger partial charge >= 0.3 is 5.97 Å². The van der Waals surface area contributed by atoms with Gasteiger partial charge in [0, 0.05) is 18.4 Å². The van der Waals surface area contributed by atoms with Gasteiger partial charge in [-0.3, -0.25) is 0 Å². The Bertz CT molecular complexity index is 447. The molecule has 0 aliphatic heterocycles. The molecule has 1 aliphatic carbocycles. The molecule has 144 valence electrons. The van der Waals surface area contributed by atoms with Gasteiger partial charge in [0.25, 0.3) is 0 Å². The Hall–Kier alpha value is -1.21. The Morgan fingerprint density at radius 2 is 1.92 bits per heavy atom. The van der Waals surface area contributed by atoms with E-state index in [1.165, 1.54) is 6.08 Å². The molecule has 1 fully saturated rings. The number of carboxylic acid groups (broad SMARTS) is 1. The van der Waals surface area contributed by atoms with E-state index in [1.54, 1.807) is 12.2 Å². The number of carboxylic acids is 1. The van der Waals surface area contributed by atoms with E-state index in [-0.39, 0.29) is 18.3 Å². The van der Waals surface area contributed by atoms with Crippen LogP contribution in [0.1, 0.15) is 51.9 Å². The molecular weight excluding hydrogens is 324 g/mol. The summed E-state index contributed by atoms with van der Waals surface area (Å²) in [5, 5.41) is 48.9. The van der Waals surface area contributed by atoms with Crippen molar-refractivity contribution in [3.8, 4) is 0 Å². The largest absolute Gasteiger partial charge is 0.478 e. The smallest absolute Gasteiger partial charge is 0.327 e. The average Bonchev–Trinajstić information content (AvgIpc) is 2.81. The molecule has 6 heteroatoms. The van der Waals surface area contributed by atoms with Crippen LogP contribution in [0.5, 0.6) is 0 Å². The summed E-state index contributed by atoms with van der Waals surface area (Å²) < 4.78 is 0. The van der Waals surface area contributed by atoms with Crippen molar-refractivity contribution in [3.05, 3.63) is 24.3 Å². The third-order valence-corrected chi connectivity index (χ3v) is 4.80. The first-order chi connectivity index (χ1) is 11.8. The van der Waals surface area contributed by atoms with E-state index in [4.69, 9.17) is 5.11 Å². The van der Waals surface area contributed by atoms with Crippen LogP contribution in [0.2, 0.25) is 0 Å². The molecule has 0 aromatic heterocycles. The van der Waals surface area contributed by atoms with E-state index in [2.05, 4.69) is 6.92 Å². The first-order valence-electron chi connectivity index (χ1n) is 9.15. The molecule has 25 heavy (non-hydrogen) atoms. The first kappa shape index (κ1) is 21.8. The normalized spacial score (nSPS) is 29.5. The van der Waals surface area contributed by atoms with Crippen LogP contribution in [0, 0.1) is 11.8 Å². The number of aliphatic hydroxyl groups excluding tert-OH is 4. The van der Waals surface area contributed by atoms with Gasteiger partial charge in [-0.05, 0) is 31.6 Å². The molecule has 6 atom stereocenters. The summed E-state index contributed by atoms with van der Waals surface area (Å²) in [5.74, 6) is -1.59. The van der Waals surface area contributed by atoms with Gasteiger partial charge in [0.2, 0.25) is 0 Å². The van der Waals surface area contributed by atoms with Crippen LogP contribution in [0.3, 0.4) is 0 Å². The van der Waals surface area contributed by atoms with Crippen molar-refractivity contribution in [1.29, 1.82) is 0 Å². The maximum absolute atomic E-state index is 10.4. The lowest BCUT2D eigenvalue weighted by molar-refractivity contribution is -0.131. The van der Waals surface area contributed by atoms with E-state index in [1.807, 2.05) is 0 Å². The summed E-state index contributed by atoms with van der Waals surface area (Å²) >= 11 is 0. The summed E-state index contributed by atoms with van der Waals surface area (Å²) in [6.45, 7) is 2.05. The number of allylic oxidation sites excluding steroid dienone is 1. The van der Waals surface area contributed by atoms with Crippen molar-refractivity contribution in [2.24, 2.45) is 11.8 Å². The topological polar surface area (TPSA) is 118 Å². The maximum Gasteiger partial charge on any atom is 0.327 e. The molecule has 0 amide bonds. The van der Waals surface area contributed by atoms with Crippen molar-refractivity contribution < 1.29 is 30.3 Å². The zero-order valence-corrected chi connectivity index (χ0v) is 14.9. The second-order valence-electron chi connectivity index (χ2n) is 6.91. The van der Waals surface area contributed by atoms with Crippen LogP contribution >= 0.6 is 0 Å². The highest BCUT2D eigenvalue weighted by Crippen LogP contribution is 2.37. The minimum Gasteiger partial charge on any atom is -0.478 e. The van der Waals surface area contributed by atoms with Crippen LogP contribution in [-0.2, 0) is 4.79 Å². The Balaban J connectivity index is 2.55. The highest BCUT2D eigenvalue weighted by Gasteiger charge is 2.40. The molecule has 1 rings (SSSR count). The van der Waals surface area contributed by atoms with E-state index >= 15 is 0 Å². The summed E-state index contributed by atoms with van der Waals surface area (Å²) in [4.78, 5) is 10.4. The van der Waals surface area contributed by atoms with Gasteiger partial charge in [0.1, 0.15) is 0 Å². The van der Waals surface area contributed by atoms with Crippen molar-refractivity contribution >= 4 is 5.97 Å². The first-order valence-corrected chi connectivity index (χ1v) is 9.15. The Labute approximate surface area is 149 Å². The quantitative estimate of drug-likeness (QED) is 0.284. The van der Waals surface area contributed by atoms with Gasteiger partial charge in [-0.2, -0.15) is 0 Å². The average molecular weight is 356 g/mol. The molecule has 0 aromatic carbocycles. The number of aliphatic hydroxyl groups is 4. The van der Waals surface area contributed by atoms with E-state index in [9.17, 15) is 25.2 Å². The molecule has 1 aliphatic rings. The third kappa shape index (κ3) is 8.14. The van der Waals surface area contributed by atoms with Crippen LogP contribution in [0.25, 0.3) is 0 Å². The van der Waals surface area contributed by atoms with Crippen LogP contribution in [0.4, 0.5) is 0 Å². The molecule has 6 nitrogen and oxygen atoms in total. The van der Waals surface area contributed by atoms with Gasteiger partial charge < -0.3 is 25.5 Å². The highest BCUT2D eigenvalue weighted by molar-refractivity contribution is 5.79. The van der Waals surface area contributed by atoms with Crippen molar-refractivity contribution in [1.82, 2.24) is 0 Å². The fourth-order valence-corrected chi connectivity index (χ4v) is 3.38. The molecule has 0 spiro atoms. The van der Waals surface area contributed by atoms with Crippen LogP contribution in [-0.4, -0.2) is 55.9 Å². The molecule has 0 bridgehead atoms. The van der Waals surface area contributed by atoms with Crippen LogP contribution < -0.4 is 0 Å². The summed E-state index contributed by atoms with van der Waals surface area (Å²) in [6.07, 6.45) is 7.39. The number of hydrogen-bond acceptors (Lipinski definition) is 5. The molecule has 0 aromatic rings. The monoisotopic (exact) mass is 356 g/mol. The molecule has 0 radical (unpaired) electrons. The number of rotatable bonds is 11. The number of hydrogen-bond donors (Lipinski definition) is 5. The number of aliphatic carboxylic acids is 1. The van der Waals surface area contributed by atoms with Gasteiger partial charge in [0.15, 0.2) is 0 Å². The zero-order valence-electron chi connectivity index (χ0n) is 14.9. The van der Waals surface area contributed by atoms with Crippen molar-refractivity contribution in [2.75, 3.05) is 0 Å². The van der Waals surface area contributed by atoms with Gasteiger partial charge in [0.05, 0.1) is 24.4 Å². The predicted molar refractivity (Wildman–Crippen MR) is 94.9 cm³/mol. The predicted octanol–water partition coefficient (Wildman–Crippen LogP) is 1.62. The fraction of sp³-hybridized carbons (Fsp3) is 0.737. The highest BCUT2D eigenvalue weighted by atomic mass is 16.4. The molecule has 0 heterocycles. The second-order valence-corrected chi connectivity index (χ2v) is 6.91. The molecule has 1 saturated carbocycles. The lowest BCUT2D eigenvalue weighted by Crippen LogP contribution is -2.25. The van der Waals surface area contributed by atoms with Crippen molar-refractivity contribution in [3.63, 3.8) is 0 Å². The molecular formula is C19H32O6. The van der Waals surface area contributed by atoms with Crippen molar-refractivity contribution in [2.45, 2.75) is 76.3 Å². The number of unbranched alkanes of at least 4 members (excludes halogenated alkanes) is 1. The van der Waals surface area contributed by atoms with E-state index < -0.39 is 30.4 Å². The lowest BCUT2D eigenvalue weighted by Gasteiger charge is -2.23. The van der Waals surface area contributed by atoms with E-state index in [0.29, 0.717) is 25.7 Å². The molecule has 0 saturated heterocycles. The minimum atomic E-state index is -1.02. The van der Waals surface area contributed by atoms with Gasteiger partial charge in [-0.25, -0.2) is 4.79 Å². The third-order valence-electron chi connectivity index (χ3n) is 4.80. The second kappa shape index (κ2) is 11.4. The summed E-state index contributed by atoms with van der Waals surface area (Å²) in [7, 11) is 0. The number of carbonyl (C=O) groups is 1. The Morgan fingerprint density at radius 3 is 2.56 bits per heavy atom. The Morgan fingerprint density at radius 1 is 1.20 bits per heavy atom. The Kier molecular flexibility index (Phi) is 9.97. The SMILES string of the molecule is CCCCC(O)C=C[C@H]1C(O)CC(O)[C@@H]1CC(O)CCC=CC(=O)O. The van der Waals surface area contributed by atoms with Gasteiger partial charge in [-0.15, -0.1) is 0 Å². The van der Waals surface area contributed by atoms with Crippen LogP contribution in [0.15, 0.2) is 24.3 Å². The lowest BCUT2D eigenvalue weighted by atomic mass is 9.87. The van der Waals surface area contributed by atoms with Gasteiger partial charge in [-0.1, -0.05) is 38.0 Å². The summed E-state index contributed by atoms with van der Waals surface area (Å²) in [6, 6.07) is 0. The molecule has 4 unspecified atom stereocenters.